The molecule has 5 nitrogen and oxygen atoms in total. The molecule has 8 heteroatoms. The molecule has 0 spiro atoms. The predicted molar refractivity (Wildman–Crippen MR) is 66.6 cm³/mol. The molecule has 1 aliphatic heterocycles. The number of pyridine rings is 1. The van der Waals surface area contributed by atoms with Crippen molar-refractivity contribution in [1.82, 2.24) is 4.98 Å². The maximum absolute atomic E-state index is 12.7. The molecule has 1 aromatic rings. The number of anilines is 2. The standard InChI is InChI=1S/C12H14F3N3O2/c13-12(14,15)8-2-1-3-18(6-8)10-9(16)4-7(5-17-10)11(19)20/h4-5,8H,1-3,6,16H2,(H,19,20). The zero-order valence-electron chi connectivity index (χ0n) is 10.5. The summed E-state index contributed by atoms with van der Waals surface area (Å²) in [6.45, 7) is 0.226. The molecule has 0 amide bonds. The van der Waals surface area contributed by atoms with Gasteiger partial charge in [-0.05, 0) is 18.9 Å². The number of nitrogen functional groups attached to an aromatic ring is 1. The lowest BCUT2D eigenvalue weighted by molar-refractivity contribution is -0.176. The van der Waals surface area contributed by atoms with Gasteiger partial charge in [0.1, 0.15) is 0 Å². The first kappa shape index (κ1) is 14.4. The number of halogens is 3. The lowest BCUT2D eigenvalue weighted by Crippen LogP contribution is -2.42. The molecule has 0 bridgehead atoms. The van der Waals surface area contributed by atoms with Crippen molar-refractivity contribution in [2.45, 2.75) is 19.0 Å². The van der Waals surface area contributed by atoms with Gasteiger partial charge in [-0.25, -0.2) is 9.78 Å². The number of aromatic nitrogens is 1. The minimum absolute atomic E-state index is 0.0766. The van der Waals surface area contributed by atoms with E-state index in [0.717, 1.165) is 6.20 Å². The van der Waals surface area contributed by atoms with Gasteiger partial charge in [0.05, 0.1) is 17.2 Å². The summed E-state index contributed by atoms with van der Waals surface area (Å²) in [6.07, 6.45) is -2.65. The van der Waals surface area contributed by atoms with Crippen LogP contribution in [0.1, 0.15) is 23.2 Å². The van der Waals surface area contributed by atoms with Crippen molar-refractivity contribution >= 4 is 17.5 Å². The number of alkyl halides is 3. The van der Waals surface area contributed by atoms with Crippen LogP contribution in [0.2, 0.25) is 0 Å². The summed E-state index contributed by atoms with van der Waals surface area (Å²) in [4.78, 5) is 16.1. The molecule has 2 rings (SSSR count). The summed E-state index contributed by atoms with van der Waals surface area (Å²) in [5.41, 5.74) is 5.68. The fraction of sp³-hybridized carbons (Fsp3) is 0.500. The van der Waals surface area contributed by atoms with Crippen molar-refractivity contribution in [3.8, 4) is 0 Å². The van der Waals surface area contributed by atoms with Gasteiger partial charge in [-0.1, -0.05) is 0 Å². The number of carbonyl (C=O) groups is 1. The van der Waals surface area contributed by atoms with E-state index < -0.39 is 18.1 Å². The van der Waals surface area contributed by atoms with Crippen LogP contribution in [0.5, 0.6) is 0 Å². The first-order chi connectivity index (χ1) is 9.29. The van der Waals surface area contributed by atoms with E-state index in [2.05, 4.69) is 4.98 Å². The van der Waals surface area contributed by atoms with E-state index in [1.54, 1.807) is 0 Å². The van der Waals surface area contributed by atoms with Crippen LogP contribution in [0.15, 0.2) is 12.3 Å². The first-order valence-electron chi connectivity index (χ1n) is 6.09. The van der Waals surface area contributed by atoms with Gasteiger partial charge in [-0.15, -0.1) is 0 Å². The van der Waals surface area contributed by atoms with Crippen LogP contribution >= 0.6 is 0 Å². The van der Waals surface area contributed by atoms with Gasteiger partial charge in [-0.3, -0.25) is 0 Å². The largest absolute Gasteiger partial charge is 0.478 e. The number of carboxylic acids is 1. The molecule has 110 valence electrons. The molecule has 0 radical (unpaired) electrons. The molecule has 0 aliphatic carbocycles. The number of aromatic carboxylic acids is 1. The highest BCUT2D eigenvalue weighted by molar-refractivity contribution is 5.89. The molecular weight excluding hydrogens is 275 g/mol. The summed E-state index contributed by atoms with van der Waals surface area (Å²) in [5.74, 6) is -2.37. The molecular formula is C12H14F3N3O2. The minimum Gasteiger partial charge on any atom is -0.478 e. The normalized spacial score (nSPS) is 19.9. The molecule has 1 saturated heterocycles. The van der Waals surface area contributed by atoms with E-state index in [4.69, 9.17) is 10.8 Å². The van der Waals surface area contributed by atoms with E-state index in [9.17, 15) is 18.0 Å². The predicted octanol–water partition coefficient (Wildman–Crippen LogP) is 2.14. The Morgan fingerprint density at radius 2 is 2.20 bits per heavy atom. The van der Waals surface area contributed by atoms with Crippen LogP contribution in [0, 0.1) is 5.92 Å². The Labute approximate surface area is 113 Å². The Kier molecular flexibility index (Phi) is 3.74. The number of nitrogens with two attached hydrogens (primary N) is 1. The smallest absolute Gasteiger partial charge is 0.393 e. The van der Waals surface area contributed by atoms with Gasteiger partial charge in [0, 0.05) is 19.3 Å². The van der Waals surface area contributed by atoms with E-state index >= 15 is 0 Å². The van der Waals surface area contributed by atoms with Gasteiger partial charge in [0.25, 0.3) is 0 Å². The number of hydrogen-bond donors (Lipinski definition) is 2. The van der Waals surface area contributed by atoms with Gasteiger partial charge < -0.3 is 15.7 Å². The summed E-state index contributed by atoms with van der Waals surface area (Å²) < 4.78 is 38.2. The Morgan fingerprint density at radius 3 is 2.75 bits per heavy atom. The minimum atomic E-state index is -4.24. The molecule has 2 heterocycles. The molecule has 1 unspecified atom stereocenters. The Hall–Kier alpha value is -1.99. The molecule has 0 aromatic carbocycles. The molecule has 0 saturated carbocycles. The van der Waals surface area contributed by atoms with Crippen LogP contribution in [-0.4, -0.2) is 35.3 Å². The van der Waals surface area contributed by atoms with Crippen molar-refractivity contribution in [2.24, 2.45) is 5.92 Å². The lowest BCUT2D eigenvalue weighted by Gasteiger charge is -2.35. The summed E-state index contributed by atoms with van der Waals surface area (Å²) >= 11 is 0. The summed E-state index contributed by atoms with van der Waals surface area (Å²) in [7, 11) is 0. The van der Waals surface area contributed by atoms with E-state index in [-0.39, 0.29) is 30.0 Å². The average molecular weight is 289 g/mol. The topological polar surface area (TPSA) is 79.5 Å². The second-order valence-electron chi connectivity index (χ2n) is 4.77. The molecule has 1 fully saturated rings. The third-order valence-corrected chi connectivity index (χ3v) is 3.33. The molecule has 3 N–H and O–H groups in total. The number of rotatable bonds is 2. The van der Waals surface area contributed by atoms with E-state index in [1.165, 1.54) is 11.0 Å². The maximum Gasteiger partial charge on any atom is 0.393 e. The van der Waals surface area contributed by atoms with Gasteiger partial charge in [-0.2, -0.15) is 13.2 Å². The number of carboxylic acid groups (broad SMARTS) is 1. The highest BCUT2D eigenvalue weighted by Crippen LogP contribution is 2.35. The summed E-state index contributed by atoms with van der Waals surface area (Å²) in [6, 6.07) is 1.21. The van der Waals surface area contributed by atoms with Crippen molar-refractivity contribution in [2.75, 3.05) is 23.7 Å². The van der Waals surface area contributed by atoms with Crippen molar-refractivity contribution in [3.63, 3.8) is 0 Å². The highest BCUT2D eigenvalue weighted by atomic mass is 19.4. The van der Waals surface area contributed by atoms with Gasteiger partial charge in [0.2, 0.25) is 0 Å². The SMILES string of the molecule is Nc1cc(C(=O)O)cnc1N1CCCC(C(F)(F)F)C1. The number of nitrogens with zero attached hydrogens (tertiary/aromatic N) is 2. The van der Waals surface area contributed by atoms with Crippen LogP contribution in [-0.2, 0) is 0 Å². The van der Waals surface area contributed by atoms with Crippen LogP contribution in [0.3, 0.4) is 0 Å². The van der Waals surface area contributed by atoms with Crippen LogP contribution in [0.4, 0.5) is 24.7 Å². The second kappa shape index (κ2) is 5.18. The fourth-order valence-electron chi connectivity index (χ4n) is 2.29. The van der Waals surface area contributed by atoms with Gasteiger partial charge in [0.15, 0.2) is 5.82 Å². The lowest BCUT2D eigenvalue weighted by atomic mass is 9.97. The van der Waals surface area contributed by atoms with Crippen LogP contribution < -0.4 is 10.6 Å². The quantitative estimate of drug-likeness (QED) is 0.872. The number of hydrogen-bond acceptors (Lipinski definition) is 4. The van der Waals surface area contributed by atoms with Crippen molar-refractivity contribution in [3.05, 3.63) is 17.8 Å². The first-order valence-corrected chi connectivity index (χ1v) is 6.09. The van der Waals surface area contributed by atoms with E-state index in [1.807, 2.05) is 0 Å². The highest BCUT2D eigenvalue weighted by Gasteiger charge is 2.42. The Morgan fingerprint density at radius 1 is 1.50 bits per heavy atom. The summed E-state index contributed by atoms with van der Waals surface area (Å²) in [5, 5.41) is 8.80. The number of piperidine rings is 1. The zero-order valence-corrected chi connectivity index (χ0v) is 10.5. The van der Waals surface area contributed by atoms with E-state index in [0.29, 0.717) is 13.0 Å². The molecule has 1 aliphatic rings. The maximum atomic E-state index is 12.7. The zero-order chi connectivity index (χ0) is 14.9. The van der Waals surface area contributed by atoms with Crippen LogP contribution in [0.25, 0.3) is 0 Å². The van der Waals surface area contributed by atoms with Crippen molar-refractivity contribution < 1.29 is 23.1 Å². The molecule has 1 aromatic heterocycles. The third kappa shape index (κ3) is 2.94. The molecule has 20 heavy (non-hydrogen) atoms. The Balaban J connectivity index is 2.21. The monoisotopic (exact) mass is 289 g/mol. The Bertz CT molecular complexity index is 519. The van der Waals surface area contributed by atoms with Gasteiger partial charge >= 0.3 is 12.1 Å². The average Bonchev–Trinajstić information content (AvgIpc) is 2.37. The second-order valence-corrected chi connectivity index (χ2v) is 4.77. The molecule has 1 atom stereocenters. The third-order valence-electron chi connectivity index (χ3n) is 3.33. The fourth-order valence-corrected chi connectivity index (χ4v) is 2.29. The van der Waals surface area contributed by atoms with Crippen molar-refractivity contribution in [1.29, 1.82) is 0 Å².